The number of rotatable bonds is 1. The normalized spacial score (nSPS) is 32.9. The third kappa shape index (κ3) is 2.21. The van der Waals surface area contributed by atoms with E-state index < -0.39 is 0 Å². The molecule has 1 aromatic rings. The van der Waals surface area contributed by atoms with Crippen LogP contribution in [0.1, 0.15) is 18.9 Å². The zero-order valence-corrected chi connectivity index (χ0v) is 9.61. The van der Waals surface area contributed by atoms with Crippen LogP contribution in [-0.4, -0.2) is 25.0 Å². The van der Waals surface area contributed by atoms with Gasteiger partial charge in [-0.05, 0) is 24.9 Å². The molecule has 2 atom stereocenters. The van der Waals surface area contributed by atoms with Gasteiger partial charge in [0, 0.05) is 13.1 Å². The molecule has 15 heavy (non-hydrogen) atoms. The van der Waals surface area contributed by atoms with Crippen molar-refractivity contribution in [2.75, 3.05) is 20.1 Å². The molecular weight excluding hydrogens is 184 g/mol. The maximum Gasteiger partial charge on any atom is 0.0541 e. The summed E-state index contributed by atoms with van der Waals surface area (Å²) >= 11 is 0. The summed E-state index contributed by atoms with van der Waals surface area (Å²) in [5, 5.41) is 0. The minimum atomic E-state index is -0.159. The first kappa shape index (κ1) is 10.7. The molecule has 0 aliphatic carbocycles. The van der Waals surface area contributed by atoms with Crippen LogP contribution in [-0.2, 0) is 5.54 Å². The fraction of sp³-hybridized carbons (Fsp3) is 0.538. The first-order valence-electron chi connectivity index (χ1n) is 5.63. The Balaban J connectivity index is 2.26. The zero-order chi connectivity index (χ0) is 10.9. The zero-order valence-electron chi connectivity index (χ0n) is 9.61. The molecule has 1 saturated heterocycles. The number of likely N-dealkylation sites (tertiary alicyclic amines) is 1. The fourth-order valence-electron chi connectivity index (χ4n) is 2.81. The Morgan fingerprint density at radius 3 is 2.60 bits per heavy atom. The second-order valence-electron chi connectivity index (χ2n) is 5.03. The monoisotopic (exact) mass is 204 g/mol. The van der Waals surface area contributed by atoms with Gasteiger partial charge in [-0.1, -0.05) is 37.3 Å². The second kappa shape index (κ2) is 3.95. The smallest absolute Gasteiger partial charge is 0.0541 e. The Labute approximate surface area is 92.1 Å². The Hall–Kier alpha value is -0.860. The summed E-state index contributed by atoms with van der Waals surface area (Å²) in [5.41, 5.74) is 7.63. The van der Waals surface area contributed by atoms with E-state index in [0.29, 0.717) is 5.92 Å². The summed E-state index contributed by atoms with van der Waals surface area (Å²) in [7, 11) is 2.15. The number of piperidine rings is 1. The molecule has 0 radical (unpaired) electrons. The van der Waals surface area contributed by atoms with E-state index in [1.807, 2.05) is 6.07 Å². The minimum absolute atomic E-state index is 0.159. The van der Waals surface area contributed by atoms with Crippen molar-refractivity contribution in [3.8, 4) is 0 Å². The van der Waals surface area contributed by atoms with Gasteiger partial charge in [0.05, 0.1) is 5.54 Å². The van der Waals surface area contributed by atoms with Crippen LogP contribution in [0, 0.1) is 5.92 Å². The van der Waals surface area contributed by atoms with Gasteiger partial charge in [0.25, 0.3) is 0 Å². The molecule has 0 spiro atoms. The van der Waals surface area contributed by atoms with Crippen molar-refractivity contribution in [2.45, 2.75) is 18.9 Å². The van der Waals surface area contributed by atoms with Crippen LogP contribution in [0.25, 0.3) is 0 Å². The van der Waals surface area contributed by atoms with Gasteiger partial charge in [0.1, 0.15) is 0 Å². The number of nitrogens with zero attached hydrogens (tertiary/aromatic N) is 1. The standard InChI is InChI=1S/C13H20N2/c1-11-8-13(14,10-15(2)9-11)12-6-4-3-5-7-12/h3-7,11H,8-10,14H2,1-2H3. The highest BCUT2D eigenvalue weighted by atomic mass is 15.1. The lowest BCUT2D eigenvalue weighted by molar-refractivity contribution is 0.134. The molecule has 2 nitrogen and oxygen atoms in total. The van der Waals surface area contributed by atoms with Gasteiger partial charge in [-0.25, -0.2) is 0 Å². The second-order valence-corrected chi connectivity index (χ2v) is 5.03. The van der Waals surface area contributed by atoms with Gasteiger partial charge in [-0.15, -0.1) is 0 Å². The van der Waals surface area contributed by atoms with Crippen LogP contribution in [0.5, 0.6) is 0 Å². The molecule has 2 unspecified atom stereocenters. The fourth-order valence-corrected chi connectivity index (χ4v) is 2.81. The van der Waals surface area contributed by atoms with Crippen molar-refractivity contribution in [3.05, 3.63) is 35.9 Å². The van der Waals surface area contributed by atoms with Crippen LogP contribution in [0.4, 0.5) is 0 Å². The van der Waals surface area contributed by atoms with E-state index in [2.05, 4.69) is 43.1 Å². The third-order valence-corrected chi connectivity index (χ3v) is 3.24. The lowest BCUT2D eigenvalue weighted by Gasteiger charge is -2.42. The Kier molecular flexibility index (Phi) is 2.81. The maximum atomic E-state index is 6.52. The number of likely N-dealkylation sites (N-methyl/N-ethyl adjacent to an activating group) is 1. The Bertz CT molecular complexity index is 311. The first-order valence-corrected chi connectivity index (χ1v) is 5.63. The molecular formula is C13H20N2. The van der Waals surface area contributed by atoms with E-state index >= 15 is 0 Å². The molecule has 1 aromatic carbocycles. The SMILES string of the molecule is CC1CN(C)CC(N)(c2ccccc2)C1. The van der Waals surface area contributed by atoms with E-state index in [0.717, 1.165) is 19.5 Å². The van der Waals surface area contributed by atoms with Crippen LogP contribution in [0.3, 0.4) is 0 Å². The molecule has 0 bridgehead atoms. The van der Waals surface area contributed by atoms with Crippen molar-refractivity contribution in [1.82, 2.24) is 4.90 Å². The summed E-state index contributed by atoms with van der Waals surface area (Å²) in [6.45, 7) is 4.40. The third-order valence-electron chi connectivity index (χ3n) is 3.24. The molecule has 2 N–H and O–H groups in total. The van der Waals surface area contributed by atoms with Crippen molar-refractivity contribution in [3.63, 3.8) is 0 Å². The van der Waals surface area contributed by atoms with Crippen LogP contribution in [0.2, 0.25) is 0 Å². The molecule has 0 saturated carbocycles. The summed E-state index contributed by atoms with van der Waals surface area (Å²) in [6, 6.07) is 10.5. The van der Waals surface area contributed by atoms with Gasteiger partial charge in [0.15, 0.2) is 0 Å². The highest BCUT2D eigenvalue weighted by Crippen LogP contribution is 2.31. The molecule has 1 aliphatic rings. The number of hydrogen-bond acceptors (Lipinski definition) is 2. The van der Waals surface area contributed by atoms with Crippen molar-refractivity contribution >= 4 is 0 Å². The summed E-state index contributed by atoms with van der Waals surface area (Å²) < 4.78 is 0. The van der Waals surface area contributed by atoms with E-state index in [-0.39, 0.29) is 5.54 Å². The summed E-state index contributed by atoms with van der Waals surface area (Å²) in [4.78, 5) is 2.33. The molecule has 1 heterocycles. The summed E-state index contributed by atoms with van der Waals surface area (Å²) in [5.74, 6) is 0.675. The lowest BCUT2D eigenvalue weighted by Crippen LogP contribution is -2.53. The number of hydrogen-bond donors (Lipinski definition) is 1. The Morgan fingerprint density at radius 1 is 1.33 bits per heavy atom. The van der Waals surface area contributed by atoms with E-state index in [1.54, 1.807) is 0 Å². The quantitative estimate of drug-likeness (QED) is 0.756. The van der Waals surface area contributed by atoms with Crippen molar-refractivity contribution < 1.29 is 0 Å². The van der Waals surface area contributed by atoms with E-state index in [1.165, 1.54) is 5.56 Å². The van der Waals surface area contributed by atoms with Crippen LogP contribution in [0.15, 0.2) is 30.3 Å². The van der Waals surface area contributed by atoms with Gasteiger partial charge < -0.3 is 10.6 Å². The molecule has 1 fully saturated rings. The topological polar surface area (TPSA) is 29.3 Å². The highest BCUT2D eigenvalue weighted by molar-refractivity contribution is 5.25. The van der Waals surface area contributed by atoms with Crippen molar-refractivity contribution in [2.24, 2.45) is 11.7 Å². The largest absolute Gasteiger partial charge is 0.320 e. The highest BCUT2D eigenvalue weighted by Gasteiger charge is 2.34. The van der Waals surface area contributed by atoms with Gasteiger partial charge in [-0.2, -0.15) is 0 Å². The maximum absolute atomic E-state index is 6.52. The van der Waals surface area contributed by atoms with Crippen LogP contribution >= 0.6 is 0 Å². The van der Waals surface area contributed by atoms with Crippen molar-refractivity contribution in [1.29, 1.82) is 0 Å². The summed E-state index contributed by atoms with van der Waals surface area (Å²) in [6.07, 6.45) is 1.08. The molecule has 0 aromatic heterocycles. The van der Waals surface area contributed by atoms with Crippen LogP contribution < -0.4 is 5.73 Å². The van der Waals surface area contributed by atoms with Gasteiger partial charge in [-0.3, -0.25) is 0 Å². The van der Waals surface area contributed by atoms with E-state index in [4.69, 9.17) is 5.73 Å². The minimum Gasteiger partial charge on any atom is -0.320 e. The average molecular weight is 204 g/mol. The molecule has 2 rings (SSSR count). The van der Waals surface area contributed by atoms with Gasteiger partial charge >= 0.3 is 0 Å². The number of nitrogens with two attached hydrogens (primary N) is 1. The van der Waals surface area contributed by atoms with Gasteiger partial charge in [0.2, 0.25) is 0 Å². The predicted molar refractivity (Wildman–Crippen MR) is 63.6 cm³/mol. The van der Waals surface area contributed by atoms with E-state index in [9.17, 15) is 0 Å². The first-order chi connectivity index (χ1) is 7.10. The predicted octanol–water partition coefficient (Wildman–Crippen LogP) is 1.81. The molecule has 0 amide bonds. The molecule has 1 aliphatic heterocycles. The molecule has 2 heteroatoms. The number of benzene rings is 1. The lowest BCUT2D eigenvalue weighted by atomic mass is 9.79. The Morgan fingerprint density at radius 2 is 2.00 bits per heavy atom. The average Bonchev–Trinajstić information content (AvgIpc) is 2.17. The molecule has 82 valence electrons.